The Bertz CT molecular complexity index is 506. The number of nitrogens with zero attached hydrogens (tertiary/aromatic N) is 2. The standard InChI is InChI=1S/C14H18N4/c1-11-8-15-5-6-18(11)14-4-2-3-12(7-14)13-9-16-17-10-13/h2-4,7,9-11,15H,5-6,8H2,1H3,(H,16,17)/t11-/m0/s1. The fourth-order valence-corrected chi connectivity index (χ4v) is 2.50. The molecule has 1 atom stereocenters. The zero-order valence-electron chi connectivity index (χ0n) is 10.6. The number of aromatic nitrogens is 2. The van der Waals surface area contributed by atoms with Crippen LogP contribution in [0.3, 0.4) is 0 Å². The van der Waals surface area contributed by atoms with Gasteiger partial charge in [-0.15, -0.1) is 0 Å². The highest BCUT2D eigenvalue weighted by atomic mass is 15.2. The number of piperazine rings is 1. The van der Waals surface area contributed by atoms with Gasteiger partial charge in [-0.1, -0.05) is 12.1 Å². The van der Waals surface area contributed by atoms with E-state index in [4.69, 9.17) is 0 Å². The van der Waals surface area contributed by atoms with Gasteiger partial charge in [0.1, 0.15) is 0 Å². The van der Waals surface area contributed by atoms with Crippen LogP contribution in [-0.4, -0.2) is 35.9 Å². The fraction of sp³-hybridized carbons (Fsp3) is 0.357. The average molecular weight is 242 g/mol. The first-order valence-corrected chi connectivity index (χ1v) is 6.41. The Morgan fingerprint density at radius 1 is 1.33 bits per heavy atom. The Morgan fingerprint density at radius 2 is 2.28 bits per heavy atom. The van der Waals surface area contributed by atoms with E-state index >= 15 is 0 Å². The topological polar surface area (TPSA) is 44.0 Å². The highest BCUT2D eigenvalue weighted by Gasteiger charge is 2.18. The molecule has 0 bridgehead atoms. The van der Waals surface area contributed by atoms with E-state index in [0.717, 1.165) is 25.2 Å². The van der Waals surface area contributed by atoms with Crippen molar-refractivity contribution >= 4 is 5.69 Å². The lowest BCUT2D eigenvalue weighted by molar-refractivity contribution is 0.501. The number of nitrogens with one attached hydrogen (secondary N) is 2. The number of anilines is 1. The van der Waals surface area contributed by atoms with Crippen LogP contribution in [0.4, 0.5) is 5.69 Å². The summed E-state index contributed by atoms with van der Waals surface area (Å²) < 4.78 is 0. The number of hydrogen-bond donors (Lipinski definition) is 2. The van der Waals surface area contributed by atoms with E-state index in [1.54, 1.807) is 0 Å². The quantitative estimate of drug-likeness (QED) is 0.845. The van der Waals surface area contributed by atoms with Crippen LogP contribution >= 0.6 is 0 Å². The van der Waals surface area contributed by atoms with E-state index in [2.05, 4.69) is 51.6 Å². The van der Waals surface area contributed by atoms with Crippen molar-refractivity contribution in [2.24, 2.45) is 0 Å². The molecule has 4 nitrogen and oxygen atoms in total. The minimum atomic E-state index is 0.540. The molecule has 0 amide bonds. The maximum Gasteiger partial charge on any atom is 0.0565 e. The SMILES string of the molecule is C[C@H]1CNCCN1c1cccc(-c2cn[nH]c2)c1. The Morgan fingerprint density at radius 3 is 3.06 bits per heavy atom. The second-order valence-corrected chi connectivity index (χ2v) is 4.78. The molecule has 1 saturated heterocycles. The summed E-state index contributed by atoms with van der Waals surface area (Å²) in [5, 5.41) is 10.3. The van der Waals surface area contributed by atoms with Gasteiger partial charge < -0.3 is 10.2 Å². The molecule has 4 heteroatoms. The molecule has 2 heterocycles. The van der Waals surface area contributed by atoms with E-state index in [1.165, 1.54) is 11.3 Å². The molecule has 18 heavy (non-hydrogen) atoms. The monoisotopic (exact) mass is 242 g/mol. The third-order valence-electron chi connectivity index (χ3n) is 3.51. The summed E-state index contributed by atoms with van der Waals surface area (Å²) in [7, 11) is 0. The number of rotatable bonds is 2. The summed E-state index contributed by atoms with van der Waals surface area (Å²) in [6.07, 6.45) is 3.79. The molecule has 3 rings (SSSR count). The highest BCUT2D eigenvalue weighted by Crippen LogP contribution is 2.25. The molecule has 1 aliphatic rings. The van der Waals surface area contributed by atoms with Gasteiger partial charge in [0.05, 0.1) is 6.20 Å². The van der Waals surface area contributed by atoms with Gasteiger partial charge in [0.25, 0.3) is 0 Å². The second-order valence-electron chi connectivity index (χ2n) is 4.78. The van der Waals surface area contributed by atoms with Crippen molar-refractivity contribution in [2.75, 3.05) is 24.5 Å². The predicted molar refractivity (Wildman–Crippen MR) is 73.7 cm³/mol. The van der Waals surface area contributed by atoms with Gasteiger partial charge in [0, 0.05) is 43.1 Å². The lowest BCUT2D eigenvalue weighted by Crippen LogP contribution is -2.49. The Labute approximate surface area is 107 Å². The van der Waals surface area contributed by atoms with Crippen LogP contribution in [0.5, 0.6) is 0 Å². The molecule has 1 aromatic carbocycles. The summed E-state index contributed by atoms with van der Waals surface area (Å²) in [4.78, 5) is 2.46. The molecule has 94 valence electrons. The highest BCUT2D eigenvalue weighted by molar-refractivity contribution is 5.67. The number of benzene rings is 1. The first-order chi connectivity index (χ1) is 8.84. The van der Waals surface area contributed by atoms with Crippen molar-refractivity contribution in [3.63, 3.8) is 0 Å². The van der Waals surface area contributed by atoms with Crippen molar-refractivity contribution in [3.8, 4) is 11.1 Å². The van der Waals surface area contributed by atoms with Crippen molar-refractivity contribution in [2.45, 2.75) is 13.0 Å². The maximum absolute atomic E-state index is 4.01. The summed E-state index contributed by atoms with van der Waals surface area (Å²) in [6.45, 7) is 5.43. The molecule has 0 spiro atoms. The Balaban J connectivity index is 1.91. The molecular formula is C14H18N4. The maximum atomic E-state index is 4.01. The van der Waals surface area contributed by atoms with Crippen LogP contribution in [0.1, 0.15) is 6.92 Å². The molecule has 1 aromatic heterocycles. The zero-order valence-corrected chi connectivity index (χ0v) is 10.6. The van der Waals surface area contributed by atoms with Crippen LogP contribution in [-0.2, 0) is 0 Å². The van der Waals surface area contributed by atoms with Crippen molar-refractivity contribution in [1.82, 2.24) is 15.5 Å². The lowest BCUT2D eigenvalue weighted by Gasteiger charge is -2.36. The van der Waals surface area contributed by atoms with Gasteiger partial charge in [-0.05, 0) is 24.6 Å². The van der Waals surface area contributed by atoms with E-state index in [9.17, 15) is 0 Å². The summed E-state index contributed by atoms with van der Waals surface area (Å²) >= 11 is 0. The van der Waals surface area contributed by atoms with Gasteiger partial charge in [-0.3, -0.25) is 5.10 Å². The molecule has 1 fully saturated rings. The number of hydrogen-bond acceptors (Lipinski definition) is 3. The molecule has 2 N–H and O–H groups in total. The zero-order chi connectivity index (χ0) is 12.4. The normalized spacial score (nSPS) is 20.1. The van der Waals surface area contributed by atoms with Crippen LogP contribution in [0, 0.1) is 0 Å². The van der Waals surface area contributed by atoms with Crippen molar-refractivity contribution in [3.05, 3.63) is 36.7 Å². The van der Waals surface area contributed by atoms with Crippen LogP contribution in [0.2, 0.25) is 0 Å². The first kappa shape index (κ1) is 11.3. The van der Waals surface area contributed by atoms with Crippen LogP contribution in [0.25, 0.3) is 11.1 Å². The molecule has 0 unspecified atom stereocenters. The summed E-state index contributed by atoms with van der Waals surface area (Å²) in [6, 6.07) is 9.21. The summed E-state index contributed by atoms with van der Waals surface area (Å²) in [5.74, 6) is 0. The predicted octanol–water partition coefficient (Wildman–Crippen LogP) is 1.87. The molecule has 0 aliphatic carbocycles. The van der Waals surface area contributed by atoms with Crippen LogP contribution in [0.15, 0.2) is 36.7 Å². The van der Waals surface area contributed by atoms with Gasteiger partial charge in [-0.25, -0.2) is 0 Å². The van der Waals surface area contributed by atoms with Crippen molar-refractivity contribution < 1.29 is 0 Å². The smallest absolute Gasteiger partial charge is 0.0565 e. The second kappa shape index (κ2) is 4.82. The Kier molecular flexibility index (Phi) is 3.02. The molecule has 1 aliphatic heterocycles. The van der Waals surface area contributed by atoms with Gasteiger partial charge in [0.15, 0.2) is 0 Å². The molecule has 0 radical (unpaired) electrons. The number of H-pyrrole nitrogens is 1. The molecular weight excluding hydrogens is 224 g/mol. The third-order valence-corrected chi connectivity index (χ3v) is 3.51. The first-order valence-electron chi connectivity index (χ1n) is 6.41. The van der Waals surface area contributed by atoms with Crippen molar-refractivity contribution in [1.29, 1.82) is 0 Å². The minimum absolute atomic E-state index is 0.540. The van der Waals surface area contributed by atoms with Gasteiger partial charge >= 0.3 is 0 Å². The molecule has 2 aromatic rings. The van der Waals surface area contributed by atoms with Crippen LogP contribution < -0.4 is 10.2 Å². The largest absolute Gasteiger partial charge is 0.366 e. The number of aromatic amines is 1. The molecule has 0 saturated carbocycles. The van der Waals surface area contributed by atoms with E-state index in [-0.39, 0.29) is 0 Å². The van der Waals surface area contributed by atoms with Gasteiger partial charge in [-0.2, -0.15) is 5.10 Å². The van der Waals surface area contributed by atoms with E-state index in [1.807, 2.05) is 12.4 Å². The van der Waals surface area contributed by atoms with E-state index < -0.39 is 0 Å². The van der Waals surface area contributed by atoms with Gasteiger partial charge in [0.2, 0.25) is 0 Å². The Hall–Kier alpha value is -1.81. The van der Waals surface area contributed by atoms with E-state index in [0.29, 0.717) is 6.04 Å². The summed E-state index contributed by atoms with van der Waals surface area (Å²) in [5.41, 5.74) is 3.65. The minimum Gasteiger partial charge on any atom is -0.366 e. The lowest BCUT2D eigenvalue weighted by atomic mass is 10.1. The third kappa shape index (κ3) is 2.11. The average Bonchev–Trinajstić information content (AvgIpc) is 2.93. The fourth-order valence-electron chi connectivity index (χ4n) is 2.50.